The number of rotatable bonds is 4. The number of hydrogen-bond acceptors (Lipinski definition) is 3. The van der Waals surface area contributed by atoms with Crippen LogP contribution in [-0.2, 0) is 6.54 Å². The molecule has 0 saturated heterocycles. The highest BCUT2D eigenvalue weighted by Gasteiger charge is 2.06. The standard InChI is InChI=1S/C12H15BrN4/c1-9(2)15-5-10-3-4-14-7-12(10)17-8-11(13)6-16-17/h3-4,6-9,15H,5H2,1-2H3. The molecule has 0 aliphatic rings. The quantitative estimate of drug-likeness (QED) is 0.942. The van der Waals surface area contributed by atoms with Gasteiger partial charge in [0.05, 0.1) is 22.6 Å². The first-order valence-electron chi connectivity index (χ1n) is 5.53. The molecule has 90 valence electrons. The van der Waals surface area contributed by atoms with E-state index in [1.165, 1.54) is 5.56 Å². The molecule has 2 aromatic rings. The Labute approximate surface area is 109 Å². The number of halogens is 1. The molecule has 0 fully saturated rings. The van der Waals surface area contributed by atoms with Crippen LogP contribution in [-0.4, -0.2) is 20.8 Å². The summed E-state index contributed by atoms with van der Waals surface area (Å²) in [5, 5.41) is 7.67. The van der Waals surface area contributed by atoms with Crippen LogP contribution in [0, 0.1) is 0 Å². The highest BCUT2D eigenvalue weighted by atomic mass is 79.9. The maximum Gasteiger partial charge on any atom is 0.0874 e. The van der Waals surface area contributed by atoms with Crippen LogP contribution in [0.4, 0.5) is 0 Å². The van der Waals surface area contributed by atoms with Crippen molar-refractivity contribution in [3.05, 3.63) is 40.9 Å². The predicted octanol–water partition coefficient (Wildman–Crippen LogP) is 2.53. The van der Waals surface area contributed by atoms with Crippen molar-refractivity contribution in [3.63, 3.8) is 0 Å². The highest BCUT2D eigenvalue weighted by Crippen LogP contribution is 2.15. The molecular formula is C12H15BrN4. The van der Waals surface area contributed by atoms with Crippen molar-refractivity contribution < 1.29 is 0 Å². The third-order valence-corrected chi connectivity index (χ3v) is 2.80. The van der Waals surface area contributed by atoms with Crippen LogP contribution >= 0.6 is 15.9 Å². The maximum atomic E-state index is 4.28. The zero-order chi connectivity index (χ0) is 12.3. The Morgan fingerprint density at radius 1 is 1.41 bits per heavy atom. The monoisotopic (exact) mass is 294 g/mol. The van der Waals surface area contributed by atoms with Crippen molar-refractivity contribution in [1.29, 1.82) is 0 Å². The van der Waals surface area contributed by atoms with E-state index in [4.69, 9.17) is 0 Å². The van der Waals surface area contributed by atoms with Crippen molar-refractivity contribution in [2.24, 2.45) is 0 Å². The molecule has 17 heavy (non-hydrogen) atoms. The third-order valence-electron chi connectivity index (χ3n) is 2.39. The SMILES string of the molecule is CC(C)NCc1ccncc1-n1cc(Br)cn1. The first kappa shape index (κ1) is 12.3. The van der Waals surface area contributed by atoms with Gasteiger partial charge in [-0.05, 0) is 27.6 Å². The lowest BCUT2D eigenvalue weighted by Crippen LogP contribution is -2.22. The third kappa shape index (κ3) is 3.14. The van der Waals surface area contributed by atoms with Crippen LogP contribution in [0.2, 0.25) is 0 Å². The minimum Gasteiger partial charge on any atom is -0.310 e. The van der Waals surface area contributed by atoms with Gasteiger partial charge in [-0.3, -0.25) is 4.98 Å². The van der Waals surface area contributed by atoms with E-state index in [9.17, 15) is 0 Å². The summed E-state index contributed by atoms with van der Waals surface area (Å²) >= 11 is 3.40. The van der Waals surface area contributed by atoms with Crippen molar-refractivity contribution in [2.75, 3.05) is 0 Å². The second kappa shape index (κ2) is 5.42. The van der Waals surface area contributed by atoms with Gasteiger partial charge in [0.15, 0.2) is 0 Å². The summed E-state index contributed by atoms with van der Waals surface area (Å²) in [6.45, 7) is 5.07. The van der Waals surface area contributed by atoms with Crippen molar-refractivity contribution in [1.82, 2.24) is 20.1 Å². The smallest absolute Gasteiger partial charge is 0.0874 e. The molecule has 0 aliphatic carbocycles. The van der Waals surface area contributed by atoms with Crippen LogP contribution < -0.4 is 5.32 Å². The van der Waals surface area contributed by atoms with Gasteiger partial charge in [0.2, 0.25) is 0 Å². The Hall–Kier alpha value is -1.20. The van der Waals surface area contributed by atoms with Gasteiger partial charge in [0.1, 0.15) is 0 Å². The van der Waals surface area contributed by atoms with E-state index in [0.717, 1.165) is 16.7 Å². The van der Waals surface area contributed by atoms with Crippen molar-refractivity contribution in [3.8, 4) is 5.69 Å². The summed E-state index contributed by atoms with van der Waals surface area (Å²) in [5.74, 6) is 0. The topological polar surface area (TPSA) is 42.7 Å². The van der Waals surface area contributed by atoms with E-state index in [-0.39, 0.29) is 0 Å². The Bertz CT molecular complexity index is 493. The van der Waals surface area contributed by atoms with Gasteiger partial charge in [-0.15, -0.1) is 0 Å². The van der Waals surface area contributed by atoms with Gasteiger partial charge in [-0.2, -0.15) is 5.10 Å². The number of hydrogen-bond donors (Lipinski definition) is 1. The van der Waals surface area contributed by atoms with Gasteiger partial charge in [-0.1, -0.05) is 13.8 Å². The fourth-order valence-corrected chi connectivity index (χ4v) is 1.80. The molecule has 0 amide bonds. The Kier molecular flexibility index (Phi) is 3.91. The minimum absolute atomic E-state index is 0.459. The Morgan fingerprint density at radius 2 is 2.24 bits per heavy atom. The molecule has 1 N–H and O–H groups in total. The zero-order valence-corrected chi connectivity index (χ0v) is 11.5. The minimum atomic E-state index is 0.459. The van der Waals surface area contributed by atoms with Crippen molar-refractivity contribution >= 4 is 15.9 Å². The lowest BCUT2D eigenvalue weighted by molar-refractivity contribution is 0.586. The van der Waals surface area contributed by atoms with E-state index < -0.39 is 0 Å². The average molecular weight is 295 g/mol. The molecule has 2 rings (SSSR count). The van der Waals surface area contributed by atoms with Gasteiger partial charge in [0, 0.05) is 25.0 Å². The van der Waals surface area contributed by atoms with E-state index in [0.29, 0.717) is 6.04 Å². The van der Waals surface area contributed by atoms with E-state index in [1.807, 2.05) is 23.1 Å². The van der Waals surface area contributed by atoms with Crippen LogP contribution in [0.25, 0.3) is 5.69 Å². The zero-order valence-electron chi connectivity index (χ0n) is 9.89. The molecule has 0 aliphatic heterocycles. The first-order valence-corrected chi connectivity index (χ1v) is 6.33. The molecule has 0 radical (unpaired) electrons. The van der Waals surface area contributed by atoms with Gasteiger partial charge in [-0.25, -0.2) is 4.68 Å². The van der Waals surface area contributed by atoms with Gasteiger partial charge >= 0.3 is 0 Å². The van der Waals surface area contributed by atoms with E-state index >= 15 is 0 Å². The molecule has 0 spiro atoms. The Morgan fingerprint density at radius 3 is 2.88 bits per heavy atom. The van der Waals surface area contributed by atoms with Crippen LogP contribution in [0.3, 0.4) is 0 Å². The average Bonchev–Trinajstić information content (AvgIpc) is 2.73. The summed E-state index contributed by atoms with van der Waals surface area (Å²) in [7, 11) is 0. The van der Waals surface area contributed by atoms with Crippen LogP contribution in [0.1, 0.15) is 19.4 Å². The number of nitrogens with zero attached hydrogens (tertiary/aromatic N) is 3. The van der Waals surface area contributed by atoms with E-state index in [1.54, 1.807) is 12.4 Å². The first-order chi connectivity index (χ1) is 8.16. The second-order valence-corrected chi connectivity index (χ2v) is 5.06. The summed E-state index contributed by atoms with van der Waals surface area (Å²) in [4.78, 5) is 4.15. The van der Waals surface area contributed by atoms with Crippen LogP contribution in [0.15, 0.2) is 35.3 Å². The van der Waals surface area contributed by atoms with Gasteiger partial charge < -0.3 is 5.32 Å². The number of aromatic nitrogens is 3. The number of pyridine rings is 1. The van der Waals surface area contributed by atoms with Crippen LogP contribution in [0.5, 0.6) is 0 Å². The molecular weight excluding hydrogens is 280 g/mol. The summed E-state index contributed by atoms with van der Waals surface area (Å²) < 4.78 is 2.79. The Balaban J connectivity index is 2.27. The summed E-state index contributed by atoms with van der Waals surface area (Å²) in [6, 6.07) is 2.47. The molecule has 0 aromatic carbocycles. The molecule has 0 saturated carbocycles. The van der Waals surface area contributed by atoms with Gasteiger partial charge in [0.25, 0.3) is 0 Å². The molecule has 2 heterocycles. The number of nitrogens with one attached hydrogen (secondary N) is 1. The predicted molar refractivity (Wildman–Crippen MR) is 71.0 cm³/mol. The second-order valence-electron chi connectivity index (χ2n) is 4.14. The maximum absolute atomic E-state index is 4.28. The molecule has 4 nitrogen and oxygen atoms in total. The molecule has 2 aromatic heterocycles. The lowest BCUT2D eigenvalue weighted by atomic mass is 10.2. The fraction of sp³-hybridized carbons (Fsp3) is 0.333. The lowest BCUT2D eigenvalue weighted by Gasteiger charge is -2.11. The molecule has 0 bridgehead atoms. The fourth-order valence-electron chi connectivity index (χ4n) is 1.52. The highest BCUT2D eigenvalue weighted by molar-refractivity contribution is 9.10. The molecule has 5 heteroatoms. The molecule has 0 unspecified atom stereocenters. The molecule has 0 atom stereocenters. The summed E-state index contributed by atoms with van der Waals surface area (Å²) in [5.41, 5.74) is 2.19. The summed E-state index contributed by atoms with van der Waals surface area (Å²) in [6.07, 6.45) is 7.33. The van der Waals surface area contributed by atoms with E-state index in [2.05, 4.69) is 45.2 Å². The van der Waals surface area contributed by atoms with Crippen molar-refractivity contribution in [2.45, 2.75) is 26.4 Å². The largest absolute Gasteiger partial charge is 0.310 e. The normalized spacial score (nSPS) is 11.1.